The average Bonchev–Trinajstić information content (AvgIpc) is 3.49. The third kappa shape index (κ3) is 8.64. The first kappa shape index (κ1) is 23.7. The van der Waals surface area contributed by atoms with Gasteiger partial charge in [-0.1, -0.05) is 30.3 Å². The number of thiazole rings is 2. The van der Waals surface area contributed by atoms with Gasteiger partial charge in [-0.05, 0) is 31.7 Å². The predicted octanol–water partition coefficient (Wildman–Crippen LogP) is 4.53. The number of alkyl carbamates (subject to hydrolysis) is 2. The Balaban J connectivity index is 1.46. The zero-order valence-electron chi connectivity index (χ0n) is 17.7. The topological polar surface area (TPSA) is 102 Å². The van der Waals surface area contributed by atoms with Crippen LogP contribution in [0.1, 0.15) is 35.1 Å². The predicted molar refractivity (Wildman–Crippen MR) is 123 cm³/mol. The van der Waals surface area contributed by atoms with Gasteiger partial charge in [-0.15, -0.1) is 22.7 Å². The summed E-state index contributed by atoms with van der Waals surface area (Å²) in [5, 5.41) is 5.79. The monoisotopic (exact) mass is 474 g/mol. The highest BCUT2D eigenvalue weighted by Gasteiger charge is 2.17. The Morgan fingerprint density at radius 3 is 2.06 bits per heavy atom. The van der Waals surface area contributed by atoms with Crippen LogP contribution in [0.5, 0.6) is 0 Å². The zero-order valence-corrected chi connectivity index (χ0v) is 19.4. The lowest BCUT2D eigenvalue weighted by Gasteiger charge is -2.21. The molecule has 0 aliphatic heterocycles. The van der Waals surface area contributed by atoms with Crippen LogP contribution in [0.15, 0.2) is 53.7 Å². The summed E-state index contributed by atoms with van der Waals surface area (Å²) < 4.78 is 10.5. The Kier molecular flexibility index (Phi) is 9.45. The quantitative estimate of drug-likeness (QED) is 0.423. The highest BCUT2D eigenvalue weighted by molar-refractivity contribution is 7.09. The summed E-state index contributed by atoms with van der Waals surface area (Å²) in [6.45, 7) is 2.31. The van der Waals surface area contributed by atoms with E-state index in [0.717, 1.165) is 15.3 Å². The van der Waals surface area contributed by atoms with E-state index in [0.29, 0.717) is 19.3 Å². The maximum Gasteiger partial charge on any atom is 0.407 e. The van der Waals surface area contributed by atoms with Gasteiger partial charge in [-0.2, -0.15) is 0 Å². The Labute approximate surface area is 195 Å². The van der Waals surface area contributed by atoms with Crippen LogP contribution in [-0.2, 0) is 29.1 Å². The van der Waals surface area contributed by atoms with Gasteiger partial charge in [0.1, 0.15) is 13.2 Å². The third-order valence-corrected chi connectivity index (χ3v) is 6.12. The number of hydrogen-bond donors (Lipinski definition) is 2. The molecule has 0 aliphatic carbocycles. The van der Waals surface area contributed by atoms with E-state index in [-0.39, 0.29) is 25.3 Å². The van der Waals surface area contributed by atoms with E-state index in [9.17, 15) is 9.59 Å². The van der Waals surface area contributed by atoms with E-state index in [4.69, 9.17) is 9.47 Å². The van der Waals surface area contributed by atoms with Crippen molar-refractivity contribution in [3.05, 3.63) is 69.1 Å². The smallest absolute Gasteiger partial charge is 0.407 e. The second-order valence-electron chi connectivity index (χ2n) is 7.24. The number of carbonyl (C=O) groups excluding carboxylic acids is 2. The Morgan fingerprint density at radius 1 is 0.906 bits per heavy atom. The molecular weight excluding hydrogens is 448 g/mol. The number of carbonyl (C=O) groups is 2. The van der Waals surface area contributed by atoms with Crippen LogP contribution in [0.4, 0.5) is 9.59 Å². The fourth-order valence-corrected chi connectivity index (χ4v) is 4.01. The summed E-state index contributed by atoms with van der Waals surface area (Å²) >= 11 is 2.87. The largest absolute Gasteiger partial charge is 0.444 e. The maximum atomic E-state index is 12.3. The highest BCUT2D eigenvalue weighted by Crippen LogP contribution is 2.12. The Bertz CT molecular complexity index is 936. The molecule has 10 heteroatoms. The van der Waals surface area contributed by atoms with Crippen molar-refractivity contribution in [1.29, 1.82) is 0 Å². The molecule has 2 atom stereocenters. The van der Waals surface area contributed by atoms with E-state index < -0.39 is 12.2 Å². The Hall–Kier alpha value is -2.98. The Morgan fingerprint density at radius 2 is 1.50 bits per heavy atom. The van der Waals surface area contributed by atoms with Gasteiger partial charge >= 0.3 is 12.2 Å². The molecule has 0 saturated carbocycles. The first-order valence-electron chi connectivity index (χ1n) is 10.2. The van der Waals surface area contributed by atoms with Gasteiger partial charge in [-0.3, -0.25) is 9.97 Å². The average molecular weight is 475 g/mol. The van der Waals surface area contributed by atoms with E-state index in [1.807, 2.05) is 37.3 Å². The van der Waals surface area contributed by atoms with Crippen molar-refractivity contribution in [2.24, 2.45) is 0 Å². The second kappa shape index (κ2) is 12.8. The molecule has 0 saturated heterocycles. The fourth-order valence-electron chi connectivity index (χ4n) is 3.00. The molecule has 1 aromatic carbocycles. The molecule has 32 heavy (non-hydrogen) atoms. The molecule has 2 amide bonds. The molecular formula is C22H26N4O4S2. The van der Waals surface area contributed by atoms with Crippen LogP contribution < -0.4 is 10.6 Å². The molecule has 0 bridgehead atoms. The van der Waals surface area contributed by atoms with Crippen molar-refractivity contribution in [2.75, 3.05) is 0 Å². The number of ether oxygens (including phenoxy) is 2. The van der Waals surface area contributed by atoms with Crippen LogP contribution in [-0.4, -0.2) is 34.2 Å². The number of hydrogen-bond acceptors (Lipinski definition) is 8. The molecule has 2 heterocycles. The van der Waals surface area contributed by atoms with Gasteiger partial charge in [-0.25, -0.2) is 9.59 Å². The minimum absolute atomic E-state index is 0.114. The summed E-state index contributed by atoms with van der Waals surface area (Å²) in [6.07, 6.45) is 4.42. The lowest BCUT2D eigenvalue weighted by molar-refractivity contribution is 0.132. The zero-order chi connectivity index (χ0) is 22.6. The molecule has 0 fully saturated rings. The number of nitrogens with one attached hydrogen (secondary N) is 2. The van der Waals surface area contributed by atoms with Crippen molar-refractivity contribution in [3.63, 3.8) is 0 Å². The summed E-state index contributed by atoms with van der Waals surface area (Å²) in [4.78, 5) is 34.0. The van der Waals surface area contributed by atoms with Crippen molar-refractivity contribution in [3.8, 4) is 0 Å². The SMILES string of the molecule is C[C@@H](CC[C@H](Cc1ccccc1)NC(=O)OCc1cncs1)NC(=O)OCc1cncs1. The second-order valence-corrected chi connectivity index (χ2v) is 9.18. The van der Waals surface area contributed by atoms with Crippen molar-refractivity contribution in [2.45, 2.75) is 51.5 Å². The van der Waals surface area contributed by atoms with Crippen LogP contribution in [0, 0.1) is 0 Å². The maximum absolute atomic E-state index is 12.3. The third-order valence-electron chi connectivity index (χ3n) is 4.62. The van der Waals surface area contributed by atoms with Crippen LogP contribution >= 0.6 is 22.7 Å². The van der Waals surface area contributed by atoms with E-state index in [1.54, 1.807) is 23.4 Å². The summed E-state index contributed by atoms with van der Waals surface area (Å²) in [5.41, 5.74) is 4.51. The van der Waals surface area contributed by atoms with Crippen LogP contribution in [0.2, 0.25) is 0 Å². The summed E-state index contributed by atoms with van der Waals surface area (Å²) in [7, 11) is 0. The number of amides is 2. The molecule has 0 radical (unpaired) electrons. The van der Waals surface area contributed by atoms with E-state index in [2.05, 4.69) is 20.6 Å². The van der Waals surface area contributed by atoms with Crippen LogP contribution in [0.3, 0.4) is 0 Å². The number of benzene rings is 1. The molecule has 2 aromatic heterocycles. The highest BCUT2D eigenvalue weighted by atomic mass is 32.1. The first-order chi connectivity index (χ1) is 15.6. The lowest BCUT2D eigenvalue weighted by atomic mass is 10.00. The summed E-state index contributed by atoms with van der Waals surface area (Å²) in [5.74, 6) is 0. The van der Waals surface area contributed by atoms with Gasteiger partial charge in [0.05, 0.1) is 20.8 Å². The molecule has 0 spiro atoms. The first-order valence-corrected chi connectivity index (χ1v) is 12.0. The van der Waals surface area contributed by atoms with Gasteiger partial charge in [0.15, 0.2) is 0 Å². The molecule has 0 unspecified atom stereocenters. The number of aromatic nitrogens is 2. The summed E-state index contributed by atoms with van der Waals surface area (Å²) in [6, 6.07) is 9.70. The molecule has 170 valence electrons. The van der Waals surface area contributed by atoms with Gasteiger partial charge in [0.25, 0.3) is 0 Å². The minimum atomic E-state index is -0.470. The molecule has 8 nitrogen and oxygen atoms in total. The van der Waals surface area contributed by atoms with E-state index >= 15 is 0 Å². The van der Waals surface area contributed by atoms with Crippen molar-refractivity contribution >= 4 is 34.9 Å². The lowest BCUT2D eigenvalue weighted by Crippen LogP contribution is -2.39. The van der Waals surface area contributed by atoms with E-state index in [1.165, 1.54) is 22.7 Å². The molecule has 3 rings (SSSR count). The number of nitrogens with zero attached hydrogens (tertiary/aromatic N) is 2. The van der Waals surface area contributed by atoms with Crippen LogP contribution in [0.25, 0.3) is 0 Å². The molecule has 3 aromatic rings. The minimum Gasteiger partial charge on any atom is -0.444 e. The van der Waals surface area contributed by atoms with Crippen molar-refractivity contribution < 1.29 is 19.1 Å². The number of rotatable bonds is 11. The van der Waals surface area contributed by atoms with Gasteiger partial charge in [0, 0.05) is 24.5 Å². The van der Waals surface area contributed by atoms with Gasteiger partial charge < -0.3 is 20.1 Å². The fraction of sp³-hybridized carbons (Fsp3) is 0.364. The van der Waals surface area contributed by atoms with Crippen molar-refractivity contribution in [1.82, 2.24) is 20.6 Å². The normalized spacial score (nSPS) is 12.5. The van der Waals surface area contributed by atoms with Gasteiger partial charge in [0.2, 0.25) is 0 Å². The standard InChI is InChI=1S/C22H26N4O4S2/c1-16(25-21(27)29-12-19-10-23-14-31-19)7-8-18(9-17-5-3-2-4-6-17)26-22(28)30-13-20-11-24-15-32-20/h2-6,10-11,14-16,18H,7-9,12-13H2,1H3,(H,25,27)(H,26,28)/t16-,18+/m0/s1. The molecule has 0 aliphatic rings. The molecule has 2 N–H and O–H groups in total.